The van der Waals surface area contributed by atoms with Gasteiger partial charge in [-0.2, -0.15) is 0 Å². The van der Waals surface area contributed by atoms with Crippen LogP contribution in [0, 0.1) is 19.7 Å². The Labute approximate surface area is 117 Å². The van der Waals surface area contributed by atoms with E-state index in [4.69, 9.17) is 4.74 Å². The first-order valence-electron chi connectivity index (χ1n) is 6.76. The number of hydrogen-bond donors (Lipinski definition) is 1. The summed E-state index contributed by atoms with van der Waals surface area (Å²) in [4.78, 5) is 0. The van der Waals surface area contributed by atoms with Crippen molar-refractivity contribution in [3.63, 3.8) is 0 Å². The Bertz CT molecular complexity index is 651. The lowest BCUT2D eigenvalue weighted by molar-refractivity contribution is 0.0651. The number of hydrogen-bond acceptors (Lipinski definition) is 2. The van der Waals surface area contributed by atoms with E-state index in [9.17, 15) is 9.50 Å². The third-order valence-electron chi connectivity index (χ3n) is 3.81. The first kappa shape index (κ1) is 13.1. The summed E-state index contributed by atoms with van der Waals surface area (Å²) in [5.41, 5.74) is 4.02. The molecule has 2 atom stereocenters. The van der Waals surface area contributed by atoms with Gasteiger partial charge in [-0.3, -0.25) is 0 Å². The monoisotopic (exact) mass is 272 g/mol. The second-order valence-corrected chi connectivity index (χ2v) is 5.40. The first-order chi connectivity index (χ1) is 9.54. The third-order valence-corrected chi connectivity index (χ3v) is 3.81. The van der Waals surface area contributed by atoms with E-state index in [0.717, 1.165) is 11.1 Å². The van der Waals surface area contributed by atoms with Crippen molar-refractivity contribution in [3.8, 4) is 5.75 Å². The molecule has 2 aromatic rings. The second kappa shape index (κ2) is 4.91. The van der Waals surface area contributed by atoms with Crippen molar-refractivity contribution in [2.24, 2.45) is 0 Å². The number of benzene rings is 2. The highest BCUT2D eigenvalue weighted by atomic mass is 19.1. The molecule has 1 heterocycles. The van der Waals surface area contributed by atoms with Gasteiger partial charge in [-0.1, -0.05) is 23.8 Å². The molecule has 0 saturated heterocycles. The van der Waals surface area contributed by atoms with Crippen LogP contribution < -0.4 is 4.74 Å². The molecule has 0 fully saturated rings. The van der Waals surface area contributed by atoms with E-state index in [1.165, 1.54) is 17.7 Å². The number of rotatable bonds is 1. The highest BCUT2D eigenvalue weighted by Gasteiger charge is 2.29. The van der Waals surface area contributed by atoms with Crippen molar-refractivity contribution in [2.45, 2.75) is 32.5 Å². The van der Waals surface area contributed by atoms with E-state index in [0.29, 0.717) is 17.7 Å². The maximum atomic E-state index is 13.3. The van der Waals surface area contributed by atoms with E-state index < -0.39 is 6.10 Å². The Kier molecular flexibility index (Phi) is 3.22. The molecule has 3 rings (SSSR count). The standard InChI is InChI=1S/C17H17FO2/c1-10-3-5-13(11(2)7-10)17-9-15(19)14-6-4-12(18)8-16(14)20-17/h3-8,15,17,19H,9H2,1-2H3/t15-,17?/m1/s1. The van der Waals surface area contributed by atoms with Gasteiger partial charge in [0.05, 0.1) is 6.10 Å². The maximum absolute atomic E-state index is 13.3. The van der Waals surface area contributed by atoms with Crippen LogP contribution in [0.15, 0.2) is 36.4 Å². The van der Waals surface area contributed by atoms with Crippen molar-refractivity contribution in [3.05, 3.63) is 64.5 Å². The molecule has 2 nitrogen and oxygen atoms in total. The van der Waals surface area contributed by atoms with Crippen LogP contribution in [-0.2, 0) is 0 Å². The Balaban J connectivity index is 1.98. The Morgan fingerprint density at radius 3 is 2.60 bits per heavy atom. The Morgan fingerprint density at radius 1 is 1.10 bits per heavy atom. The molecule has 1 N–H and O–H groups in total. The highest BCUT2D eigenvalue weighted by molar-refractivity contribution is 5.40. The molecule has 3 heteroatoms. The second-order valence-electron chi connectivity index (χ2n) is 5.40. The molecule has 0 bridgehead atoms. The molecule has 1 aliphatic heterocycles. The van der Waals surface area contributed by atoms with Crippen LogP contribution in [0.4, 0.5) is 4.39 Å². The van der Waals surface area contributed by atoms with E-state index in [-0.39, 0.29) is 11.9 Å². The molecule has 0 spiro atoms. The van der Waals surface area contributed by atoms with Crippen molar-refractivity contribution in [1.29, 1.82) is 0 Å². The molecule has 2 aromatic carbocycles. The number of aryl methyl sites for hydroxylation is 2. The van der Waals surface area contributed by atoms with Gasteiger partial charge < -0.3 is 9.84 Å². The smallest absolute Gasteiger partial charge is 0.128 e. The van der Waals surface area contributed by atoms with Crippen LogP contribution >= 0.6 is 0 Å². The molecule has 0 amide bonds. The lowest BCUT2D eigenvalue weighted by Crippen LogP contribution is -2.20. The van der Waals surface area contributed by atoms with E-state index in [1.807, 2.05) is 26.0 Å². The number of ether oxygens (including phenoxy) is 1. The Hall–Kier alpha value is -1.87. The van der Waals surface area contributed by atoms with Crippen LogP contribution in [-0.4, -0.2) is 5.11 Å². The van der Waals surface area contributed by atoms with Crippen molar-refractivity contribution < 1.29 is 14.2 Å². The molecule has 20 heavy (non-hydrogen) atoms. The highest BCUT2D eigenvalue weighted by Crippen LogP contribution is 2.41. The zero-order valence-corrected chi connectivity index (χ0v) is 11.6. The topological polar surface area (TPSA) is 29.5 Å². The number of fused-ring (bicyclic) bond motifs is 1. The van der Waals surface area contributed by atoms with Gasteiger partial charge >= 0.3 is 0 Å². The van der Waals surface area contributed by atoms with Gasteiger partial charge in [0.25, 0.3) is 0 Å². The van der Waals surface area contributed by atoms with Crippen molar-refractivity contribution in [2.75, 3.05) is 0 Å². The summed E-state index contributed by atoms with van der Waals surface area (Å²) < 4.78 is 19.2. The number of aliphatic hydroxyl groups excluding tert-OH is 1. The average Bonchev–Trinajstić information content (AvgIpc) is 2.37. The zero-order valence-electron chi connectivity index (χ0n) is 11.6. The molecular weight excluding hydrogens is 255 g/mol. The molecule has 0 aliphatic carbocycles. The summed E-state index contributed by atoms with van der Waals surface area (Å²) in [5, 5.41) is 10.2. The fraction of sp³-hybridized carbons (Fsp3) is 0.294. The van der Waals surface area contributed by atoms with Crippen LogP contribution in [0.1, 0.15) is 40.9 Å². The average molecular weight is 272 g/mol. The lowest BCUT2D eigenvalue weighted by atomic mass is 9.92. The summed E-state index contributed by atoms with van der Waals surface area (Å²) in [7, 11) is 0. The summed E-state index contributed by atoms with van der Waals surface area (Å²) in [6, 6.07) is 10.4. The van der Waals surface area contributed by atoms with Gasteiger partial charge in [-0.05, 0) is 37.1 Å². The minimum Gasteiger partial charge on any atom is -0.485 e. The largest absolute Gasteiger partial charge is 0.485 e. The van der Waals surface area contributed by atoms with Crippen LogP contribution in [0.5, 0.6) is 5.75 Å². The van der Waals surface area contributed by atoms with Gasteiger partial charge in [0.2, 0.25) is 0 Å². The molecule has 1 aliphatic rings. The van der Waals surface area contributed by atoms with Crippen molar-refractivity contribution in [1.82, 2.24) is 0 Å². The first-order valence-corrected chi connectivity index (χ1v) is 6.76. The maximum Gasteiger partial charge on any atom is 0.128 e. The minimum atomic E-state index is -0.620. The quantitative estimate of drug-likeness (QED) is 0.850. The predicted molar refractivity (Wildman–Crippen MR) is 75.3 cm³/mol. The minimum absolute atomic E-state index is 0.236. The predicted octanol–water partition coefficient (Wildman–Crippen LogP) is 4.00. The van der Waals surface area contributed by atoms with Crippen LogP contribution in [0.25, 0.3) is 0 Å². The third kappa shape index (κ3) is 2.29. The van der Waals surface area contributed by atoms with Gasteiger partial charge in [0, 0.05) is 18.1 Å². The number of halogens is 1. The van der Waals surface area contributed by atoms with Gasteiger partial charge in [0.15, 0.2) is 0 Å². The lowest BCUT2D eigenvalue weighted by Gasteiger charge is -2.30. The van der Waals surface area contributed by atoms with E-state index in [2.05, 4.69) is 6.07 Å². The van der Waals surface area contributed by atoms with E-state index >= 15 is 0 Å². The summed E-state index contributed by atoms with van der Waals surface area (Å²) in [5.74, 6) is 0.0888. The summed E-state index contributed by atoms with van der Waals surface area (Å²) >= 11 is 0. The van der Waals surface area contributed by atoms with Gasteiger partial charge in [-0.15, -0.1) is 0 Å². The Morgan fingerprint density at radius 2 is 1.85 bits per heavy atom. The SMILES string of the molecule is Cc1ccc(C2C[C@@H](O)c3ccc(F)cc3O2)c(C)c1. The fourth-order valence-corrected chi connectivity index (χ4v) is 2.79. The molecule has 0 aromatic heterocycles. The molecule has 0 radical (unpaired) electrons. The fourth-order valence-electron chi connectivity index (χ4n) is 2.79. The molecule has 104 valence electrons. The normalized spacial score (nSPS) is 21.2. The number of aliphatic hydroxyl groups is 1. The molecule has 0 saturated carbocycles. The zero-order chi connectivity index (χ0) is 14.3. The molecular formula is C17H17FO2. The summed E-state index contributed by atoms with van der Waals surface area (Å²) in [6.07, 6.45) is -0.368. The van der Waals surface area contributed by atoms with Gasteiger partial charge in [0.1, 0.15) is 17.7 Å². The van der Waals surface area contributed by atoms with Crippen LogP contribution in [0.2, 0.25) is 0 Å². The molecule has 1 unspecified atom stereocenters. The van der Waals surface area contributed by atoms with Gasteiger partial charge in [-0.25, -0.2) is 4.39 Å². The van der Waals surface area contributed by atoms with Crippen LogP contribution in [0.3, 0.4) is 0 Å². The van der Waals surface area contributed by atoms with E-state index in [1.54, 1.807) is 6.07 Å². The summed E-state index contributed by atoms with van der Waals surface area (Å²) in [6.45, 7) is 4.07. The van der Waals surface area contributed by atoms with Crippen molar-refractivity contribution >= 4 is 0 Å².